The third kappa shape index (κ3) is 48.4. The zero-order valence-corrected chi connectivity index (χ0v) is 40.0. The third-order valence-corrected chi connectivity index (χ3v) is 9.85. The Labute approximate surface area is 385 Å². The molecular formula is C57H88O6. The first-order valence-electron chi connectivity index (χ1n) is 24.8. The normalized spacial score (nSPS) is 13.3. The van der Waals surface area contributed by atoms with Crippen molar-refractivity contribution >= 4 is 17.9 Å². The van der Waals surface area contributed by atoms with Crippen molar-refractivity contribution in [1.29, 1.82) is 0 Å². The highest BCUT2D eigenvalue weighted by atomic mass is 16.6. The van der Waals surface area contributed by atoms with Gasteiger partial charge in [-0.15, -0.1) is 0 Å². The summed E-state index contributed by atoms with van der Waals surface area (Å²) in [5.74, 6) is -1.00. The third-order valence-electron chi connectivity index (χ3n) is 9.85. The average molecular weight is 869 g/mol. The van der Waals surface area contributed by atoms with Crippen LogP contribution in [0.25, 0.3) is 0 Å². The van der Waals surface area contributed by atoms with E-state index in [1.165, 1.54) is 38.5 Å². The molecule has 1 atom stereocenters. The number of allylic oxidation sites excluding steroid dienone is 22. The Balaban J connectivity index is 4.56. The first-order valence-corrected chi connectivity index (χ1v) is 24.8. The Morgan fingerprint density at radius 3 is 1.10 bits per heavy atom. The van der Waals surface area contributed by atoms with Gasteiger partial charge in [0.2, 0.25) is 0 Å². The predicted molar refractivity (Wildman–Crippen MR) is 269 cm³/mol. The van der Waals surface area contributed by atoms with Crippen molar-refractivity contribution < 1.29 is 28.6 Å². The van der Waals surface area contributed by atoms with Crippen LogP contribution >= 0.6 is 0 Å². The van der Waals surface area contributed by atoms with E-state index in [1.54, 1.807) is 0 Å². The fourth-order valence-electron chi connectivity index (χ4n) is 6.13. The smallest absolute Gasteiger partial charge is 0.306 e. The molecule has 0 aromatic heterocycles. The molecule has 6 heteroatoms. The van der Waals surface area contributed by atoms with Crippen molar-refractivity contribution in [2.45, 2.75) is 194 Å². The highest BCUT2D eigenvalue weighted by Gasteiger charge is 2.19. The van der Waals surface area contributed by atoms with Gasteiger partial charge >= 0.3 is 17.9 Å². The molecule has 0 aromatic carbocycles. The largest absolute Gasteiger partial charge is 0.462 e. The van der Waals surface area contributed by atoms with Crippen molar-refractivity contribution in [2.24, 2.45) is 0 Å². The van der Waals surface area contributed by atoms with Gasteiger partial charge in [0.15, 0.2) is 6.10 Å². The summed E-state index contributed by atoms with van der Waals surface area (Å²) in [6, 6.07) is 0. The summed E-state index contributed by atoms with van der Waals surface area (Å²) in [6.07, 6.45) is 69.9. The lowest BCUT2D eigenvalue weighted by molar-refractivity contribution is -0.167. The van der Waals surface area contributed by atoms with Crippen molar-refractivity contribution in [3.8, 4) is 0 Å². The topological polar surface area (TPSA) is 78.9 Å². The summed E-state index contributed by atoms with van der Waals surface area (Å²) in [4.78, 5) is 37.9. The zero-order chi connectivity index (χ0) is 45.8. The molecule has 0 aliphatic heterocycles. The first-order chi connectivity index (χ1) is 31.0. The number of rotatable bonds is 42. The van der Waals surface area contributed by atoms with Gasteiger partial charge in [0.05, 0.1) is 0 Å². The zero-order valence-electron chi connectivity index (χ0n) is 40.0. The maximum atomic E-state index is 12.8. The Kier molecular flexibility index (Phi) is 46.7. The summed E-state index contributed by atoms with van der Waals surface area (Å²) in [7, 11) is 0. The van der Waals surface area contributed by atoms with Gasteiger partial charge in [0.1, 0.15) is 13.2 Å². The highest BCUT2D eigenvalue weighted by molar-refractivity contribution is 5.71. The van der Waals surface area contributed by atoms with Crippen LogP contribution in [-0.4, -0.2) is 37.2 Å². The van der Waals surface area contributed by atoms with Gasteiger partial charge in [0.25, 0.3) is 0 Å². The highest BCUT2D eigenvalue weighted by Crippen LogP contribution is 2.12. The van der Waals surface area contributed by atoms with Crippen molar-refractivity contribution in [2.75, 3.05) is 13.2 Å². The molecule has 0 amide bonds. The lowest BCUT2D eigenvalue weighted by Crippen LogP contribution is -2.30. The van der Waals surface area contributed by atoms with E-state index >= 15 is 0 Å². The van der Waals surface area contributed by atoms with Crippen LogP contribution in [0.15, 0.2) is 134 Å². The van der Waals surface area contributed by atoms with E-state index in [4.69, 9.17) is 14.2 Å². The lowest BCUT2D eigenvalue weighted by Gasteiger charge is -2.18. The number of esters is 3. The van der Waals surface area contributed by atoms with Gasteiger partial charge in [-0.05, 0) is 83.5 Å². The molecule has 6 nitrogen and oxygen atoms in total. The van der Waals surface area contributed by atoms with Crippen LogP contribution in [-0.2, 0) is 28.6 Å². The van der Waals surface area contributed by atoms with Crippen LogP contribution in [0.2, 0.25) is 0 Å². The second-order valence-electron chi connectivity index (χ2n) is 15.9. The molecule has 352 valence electrons. The Hall–Kier alpha value is -4.45. The molecule has 0 aliphatic carbocycles. The molecule has 0 spiro atoms. The molecule has 0 aliphatic rings. The summed E-state index contributed by atoms with van der Waals surface area (Å²) >= 11 is 0. The second-order valence-corrected chi connectivity index (χ2v) is 15.9. The minimum atomic E-state index is -0.819. The molecule has 0 heterocycles. The second kappa shape index (κ2) is 50.2. The summed E-state index contributed by atoms with van der Waals surface area (Å²) in [5.41, 5.74) is 0. The molecule has 0 N–H and O–H groups in total. The fourth-order valence-corrected chi connectivity index (χ4v) is 6.13. The van der Waals surface area contributed by atoms with E-state index in [2.05, 4.69) is 69.4 Å². The molecular weight excluding hydrogens is 781 g/mol. The average Bonchev–Trinajstić information content (AvgIpc) is 3.28. The van der Waals surface area contributed by atoms with Gasteiger partial charge in [-0.3, -0.25) is 14.4 Å². The van der Waals surface area contributed by atoms with Gasteiger partial charge < -0.3 is 14.2 Å². The summed E-state index contributed by atoms with van der Waals surface area (Å²) < 4.78 is 16.7. The predicted octanol–water partition coefficient (Wildman–Crippen LogP) is 16.3. The standard InChI is InChI=1S/C57H88O6/c1-4-7-10-13-16-19-22-25-27-28-29-31-32-35-38-41-44-47-50-56(59)62-53-54(52-61-55(58)49-46-43-40-37-34-24-21-18-15-12-9-6-3)63-57(60)51-48-45-42-39-36-33-30-26-23-20-17-14-11-8-5-2/h8,10-11,13-14,16-23,25-31,33,36,54H,4-7,9,12,15,24,32,34-35,37-53H2,1-3H3/b11-8-,13-10-,17-14-,19-16-,21-18-,23-20-,25-22-,28-27-,30-26-,31-29-,36-33-. The molecule has 0 radical (unpaired) electrons. The van der Waals surface area contributed by atoms with E-state index in [9.17, 15) is 14.4 Å². The molecule has 1 unspecified atom stereocenters. The summed E-state index contributed by atoms with van der Waals surface area (Å²) in [6.45, 7) is 6.29. The maximum Gasteiger partial charge on any atom is 0.306 e. The van der Waals surface area contributed by atoms with Crippen LogP contribution in [0, 0.1) is 0 Å². The Morgan fingerprint density at radius 2 is 0.667 bits per heavy atom. The van der Waals surface area contributed by atoms with E-state index in [0.717, 1.165) is 103 Å². The molecule has 63 heavy (non-hydrogen) atoms. The van der Waals surface area contributed by atoms with Crippen LogP contribution in [0.1, 0.15) is 188 Å². The van der Waals surface area contributed by atoms with Gasteiger partial charge in [0, 0.05) is 19.3 Å². The first kappa shape index (κ1) is 58.6. The number of hydrogen-bond donors (Lipinski definition) is 0. The molecule has 0 fully saturated rings. The number of carbonyl (C=O) groups excluding carboxylic acids is 3. The maximum absolute atomic E-state index is 12.8. The molecule has 0 bridgehead atoms. The SMILES string of the molecule is CC\C=C/C=C\C=C/C=C\C=C/CCCCCC(=O)OC(COC(=O)CCCCCCC\C=C/C=C\C=C/C=C\C=C/CCC)COC(=O)CCCCCCC/C=C\CCCCC. The van der Waals surface area contributed by atoms with Crippen LogP contribution in [0.4, 0.5) is 0 Å². The van der Waals surface area contributed by atoms with Crippen LogP contribution in [0.5, 0.6) is 0 Å². The number of ether oxygens (including phenoxy) is 3. The van der Waals surface area contributed by atoms with Gasteiger partial charge in [-0.1, -0.05) is 219 Å². The minimum absolute atomic E-state index is 0.114. The van der Waals surface area contributed by atoms with E-state index in [-0.39, 0.29) is 37.5 Å². The fraction of sp³-hybridized carbons (Fsp3) is 0.561. The lowest BCUT2D eigenvalue weighted by atomic mass is 10.1. The van der Waals surface area contributed by atoms with Gasteiger partial charge in [-0.2, -0.15) is 0 Å². The Bertz CT molecular complexity index is 1420. The molecule has 0 saturated carbocycles. The Morgan fingerprint density at radius 1 is 0.333 bits per heavy atom. The summed E-state index contributed by atoms with van der Waals surface area (Å²) in [5, 5.41) is 0. The quantitative estimate of drug-likeness (QED) is 0.0200. The van der Waals surface area contributed by atoms with Crippen molar-refractivity contribution in [3.63, 3.8) is 0 Å². The number of hydrogen-bond acceptors (Lipinski definition) is 6. The van der Waals surface area contributed by atoms with Crippen LogP contribution < -0.4 is 0 Å². The van der Waals surface area contributed by atoms with E-state index in [0.29, 0.717) is 19.3 Å². The minimum Gasteiger partial charge on any atom is -0.462 e. The van der Waals surface area contributed by atoms with Crippen LogP contribution in [0.3, 0.4) is 0 Å². The van der Waals surface area contributed by atoms with Gasteiger partial charge in [-0.25, -0.2) is 0 Å². The number of unbranched alkanes of at least 4 members (excludes halogenated alkanes) is 17. The number of carbonyl (C=O) groups is 3. The van der Waals surface area contributed by atoms with E-state index in [1.807, 2.05) is 85.1 Å². The molecule has 0 saturated heterocycles. The van der Waals surface area contributed by atoms with Crippen molar-refractivity contribution in [3.05, 3.63) is 134 Å². The van der Waals surface area contributed by atoms with Crippen molar-refractivity contribution in [1.82, 2.24) is 0 Å². The van der Waals surface area contributed by atoms with E-state index < -0.39 is 6.10 Å². The molecule has 0 aromatic rings. The monoisotopic (exact) mass is 869 g/mol. The molecule has 0 rings (SSSR count).